The Morgan fingerprint density at radius 3 is 2.33 bits per heavy atom. The molecular formula is C20H26BFN2O3. The normalized spacial score (nSPS) is 24.3. The molecular weight excluding hydrogens is 346 g/mol. The van der Waals surface area contributed by atoms with Gasteiger partial charge in [-0.3, -0.25) is 0 Å². The van der Waals surface area contributed by atoms with Crippen LogP contribution in [0, 0.1) is 5.82 Å². The fraction of sp³-hybridized carbons (Fsp3) is 0.550. The number of ether oxygens (including phenoxy) is 1. The third kappa shape index (κ3) is 3.44. The maximum atomic E-state index is 13.3. The summed E-state index contributed by atoms with van der Waals surface area (Å²) in [7, 11) is -0.526. The standard InChI is InChI=1S/C20H26BFN2O3/c1-19(2)20(3,4)27-21(26-19)17-13-16(14-8-10-15(22)11-9-14)23-24(17)18-7-5-6-12-25-18/h8-11,13,18H,5-7,12H2,1-4H3. The van der Waals surface area contributed by atoms with Crippen molar-refractivity contribution in [2.45, 2.75) is 64.4 Å². The van der Waals surface area contributed by atoms with E-state index < -0.39 is 18.3 Å². The van der Waals surface area contributed by atoms with Gasteiger partial charge in [0, 0.05) is 12.2 Å². The second kappa shape index (κ2) is 6.72. The summed E-state index contributed by atoms with van der Waals surface area (Å²) in [5.41, 5.74) is 1.57. The Morgan fingerprint density at radius 1 is 1.07 bits per heavy atom. The summed E-state index contributed by atoms with van der Waals surface area (Å²) in [6.45, 7) is 8.86. The maximum Gasteiger partial charge on any atom is 0.514 e. The second-order valence-corrected chi connectivity index (χ2v) is 8.32. The summed E-state index contributed by atoms with van der Waals surface area (Å²) >= 11 is 0. The Bertz CT molecular complexity index is 797. The lowest BCUT2D eigenvalue weighted by Crippen LogP contribution is -2.42. The summed E-state index contributed by atoms with van der Waals surface area (Å²) in [5, 5.41) is 4.78. The predicted octanol–water partition coefficient (Wildman–Crippen LogP) is 3.69. The first-order valence-corrected chi connectivity index (χ1v) is 9.59. The summed E-state index contributed by atoms with van der Waals surface area (Å²) in [5.74, 6) is -0.264. The molecule has 0 spiro atoms. The van der Waals surface area contributed by atoms with Crippen LogP contribution in [0.1, 0.15) is 53.2 Å². The number of benzene rings is 1. The Hall–Kier alpha value is -1.70. The molecule has 0 radical (unpaired) electrons. The first-order valence-electron chi connectivity index (χ1n) is 9.59. The van der Waals surface area contributed by atoms with Crippen molar-refractivity contribution < 1.29 is 18.4 Å². The highest BCUT2D eigenvalue weighted by Gasteiger charge is 2.53. The number of hydrogen-bond acceptors (Lipinski definition) is 4. The van der Waals surface area contributed by atoms with Crippen molar-refractivity contribution in [2.75, 3.05) is 6.61 Å². The molecule has 3 heterocycles. The van der Waals surface area contributed by atoms with E-state index in [0.717, 1.165) is 42.7 Å². The number of aromatic nitrogens is 2. The van der Waals surface area contributed by atoms with Crippen molar-refractivity contribution >= 4 is 12.7 Å². The predicted molar refractivity (Wildman–Crippen MR) is 102 cm³/mol. The van der Waals surface area contributed by atoms with Crippen LogP contribution in [0.5, 0.6) is 0 Å². The van der Waals surface area contributed by atoms with Gasteiger partial charge in [0.25, 0.3) is 0 Å². The van der Waals surface area contributed by atoms with Gasteiger partial charge in [-0.05, 0) is 77.3 Å². The summed E-state index contributed by atoms with van der Waals surface area (Å²) in [6.07, 6.45) is 2.92. The minimum absolute atomic E-state index is 0.137. The van der Waals surface area contributed by atoms with E-state index in [-0.39, 0.29) is 12.0 Å². The van der Waals surface area contributed by atoms with Gasteiger partial charge in [0.05, 0.1) is 22.5 Å². The molecule has 1 unspecified atom stereocenters. The molecule has 27 heavy (non-hydrogen) atoms. The van der Waals surface area contributed by atoms with Gasteiger partial charge < -0.3 is 14.0 Å². The minimum atomic E-state index is -0.526. The average Bonchev–Trinajstić information content (AvgIpc) is 3.15. The van der Waals surface area contributed by atoms with Gasteiger partial charge in [-0.2, -0.15) is 5.10 Å². The van der Waals surface area contributed by atoms with Gasteiger partial charge in [-0.25, -0.2) is 9.07 Å². The van der Waals surface area contributed by atoms with Crippen LogP contribution < -0.4 is 5.59 Å². The zero-order chi connectivity index (χ0) is 19.2. The Morgan fingerprint density at radius 2 is 1.74 bits per heavy atom. The highest BCUT2D eigenvalue weighted by atomic mass is 19.1. The van der Waals surface area contributed by atoms with Crippen LogP contribution in [0.25, 0.3) is 11.3 Å². The highest BCUT2D eigenvalue weighted by molar-refractivity contribution is 6.61. The average molecular weight is 372 g/mol. The van der Waals surface area contributed by atoms with Gasteiger partial charge in [0.2, 0.25) is 0 Å². The van der Waals surface area contributed by atoms with Crippen LogP contribution in [-0.4, -0.2) is 34.7 Å². The zero-order valence-electron chi connectivity index (χ0n) is 16.4. The van der Waals surface area contributed by atoms with Crippen molar-refractivity contribution in [3.05, 3.63) is 36.1 Å². The molecule has 2 saturated heterocycles. The smallest absolute Gasteiger partial charge is 0.398 e. The van der Waals surface area contributed by atoms with Crippen LogP contribution in [0.15, 0.2) is 30.3 Å². The molecule has 1 aromatic carbocycles. The zero-order valence-corrected chi connectivity index (χ0v) is 16.4. The van der Waals surface area contributed by atoms with Crippen LogP contribution in [-0.2, 0) is 14.0 Å². The number of nitrogens with zero attached hydrogens (tertiary/aromatic N) is 2. The van der Waals surface area contributed by atoms with E-state index in [1.54, 1.807) is 12.1 Å². The molecule has 2 aromatic rings. The molecule has 4 rings (SSSR count). The van der Waals surface area contributed by atoms with E-state index >= 15 is 0 Å². The van der Waals surface area contributed by atoms with Gasteiger partial charge in [0.1, 0.15) is 12.0 Å². The Labute approximate surface area is 159 Å². The fourth-order valence-corrected chi connectivity index (χ4v) is 3.46. The van der Waals surface area contributed by atoms with Gasteiger partial charge >= 0.3 is 7.12 Å². The SMILES string of the molecule is CC1(C)OB(c2cc(-c3ccc(F)cc3)nn2C2CCCCO2)OC1(C)C. The van der Waals surface area contributed by atoms with Crippen molar-refractivity contribution in [3.8, 4) is 11.3 Å². The lowest BCUT2D eigenvalue weighted by molar-refractivity contribution is -0.0378. The van der Waals surface area contributed by atoms with Crippen LogP contribution in [0.3, 0.4) is 0 Å². The largest absolute Gasteiger partial charge is 0.514 e. The monoisotopic (exact) mass is 372 g/mol. The van der Waals surface area contributed by atoms with Gasteiger partial charge in [-0.15, -0.1) is 0 Å². The van der Waals surface area contributed by atoms with E-state index in [2.05, 4.69) is 0 Å². The third-order valence-corrected chi connectivity index (χ3v) is 5.83. The van der Waals surface area contributed by atoms with Crippen molar-refractivity contribution in [1.29, 1.82) is 0 Å². The molecule has 1 aromatic heterocycles. The van der Waals surface area contributed by atoms with Crippen molar-refractivity contribution in [2.24, 2.45) is 0 Å². The van der Waals surface area contributed by atoms with Crippen LogP contribution in [0.4, 0.5) is 4.39 Å². The number of hydrogen-bond donors (Lipinski definition) is 0. The molecule has 0 N–H and O–H groups in total. The van der Waals surface area contributed by atoms with Crippen molar-refractivity contribution in [3.63, 3.8) is 0 Å². The summed E-state index contributed by atoms with van der Waals surface area (Å²) in [6, 6.07) is 8.32. The van der Waals surface area contributed by atoms with E-state index in [1.165, 1.54) is 12.1 Å². The molecule has 1 atom stereocenters. The first-order chi connectivity index (χ1) is 12.8. The molecule has 0 bridgehead atoms. The number of rotatable bonds is 3. The molecule has 2 aliphatic rings. The minimum Gasteiger partial charge on any atom is -0.398 e. The molecule has 0 amide bonds. The molecule has 2 fully saturated rings. The van der Waals surface area contributed by atoms with Crippen LogP contribution in [0.2, 0.25) is 0 Å². The van der Waals surface area contributed by atoms with E-state index in [1.807, 2.05) is 38.4 Å². The first kappa shape index (κ1) is 18.7. The lowest BCUT2D eigenvalue weighted by Gasteiger charge is -2.32. The summed E-state index contributed by atoms with van der Waals surface area (Å²) in [4.78, 5) is 0. The fourth-order valence-electron chi connectivity index (χ4n) is 3.46. The molecule has 2 aliphatic heterocycles. The number of halogens is 1. The van der Waals surface area contributed by atoms with E-state index in [4.69, 9.17) is 19.1 Å². The molecule has 5 nitrogen and oxygen atoms in total. The third-order valence-electron chi connectivity index (χ3n) is 5.83. The molecule has 144 valence electrons. The van der Waals surface area contributed by atoms with E-state index in [0.29, 0.717) is 0 Å². The highest BCUT2D eigenvalue weighted by Crippen LogP contribution is 2.37. The summed E-state index contributed by atoms with van der Waals surface area (Å²) < 4.78 is 33.7. The second-order valence-electron chi connectivity index (χ2n) is 8.32. The van der Waals surface area contributed by atoms with E-state index in [9.17, 15) is 4.39 Å². The molecule has 0 aliphatic carbocycles. The van der Waals surface area contributed by atoms with Gasteiger partial charge in [0.15, 0.2) is 0 Å². The maximum absolute atomic E-state index is 13.3. The van der Waals surface area contributed by atoms with Gasteiger partial charge in [-0.1, -0.05) is 0 Å². The molecule has 7 heteroatoms. The Balaban J connectivity index is 1.73. The quantitative estimate of drug-likeness (QED) is 0.771. The Kier molecular flexibility index (Phi) is 4.65. The topological polar surface area (TPSA) is 45.5 Å². The van der Waals surface area contributed by atoms with Crippen molar-refractivity contribution in [1.82, 2.24) is 9.78 Å². The molecule has 0 saturated carbocycles. The van der Waals surface area contributed by atoms with Crippen LogP contribution >= 0.6 is 0 Å². The lowest BCUT2D eigenvalue weighted by atomic mass is 9.84.